The van der Waals surface area contributed by atoms with Crippen LogP contribution in [0.2, 0.25) is 10.0 Å². The van der Waals surface area contributed by atoms with Gasteiger partial charge >= 0.3 is 0 Å². The lowest BCUT2D eigenvalue weighted by atomic mass is 10.3. The summed E-state index contributed by atoms with van der Waals surface area (Å²) in [4.78, 5) is 1.89. The topological polar surface area (TPSA) is 26.0 Å². The number of anilines is 1. The molecule has 2 aromatic rings. The fourth-order valence-electron chi connectivity index (χ4n) is 1.28. The number of halogens is 2. The van der Waals surface area contributed by atoms with Gasteiger partial charge < -0.3 is 5.73 Å². The maximum atomic E-state index is 6.09. The molecule has 16 heavy (non-hydrogen) atoms. The van der Waals surface area contributed by atoms with Gasteiger partial charge in [-0.05, 0) is 30.3 Å². The van der Waals surface area contributed by atoms with Crippen LogP contribution in [0, 0.1) is 0 Å². The maximum absolute atomic E-state index is 6.09. The quantitative estimate of drug-likeness (QED) is 0.798. The van der Waals surface area contributed by atoms with E-state index in [1.807, 2.05) is 42.5 Å². The summed E-state index contributed by atoms with van der Waals surface area (Å²) in [6.45, 7) is 0. The average Bonchev–Trinajstić information content (AvgIpc) is 2.24. The Morgan fingerprint density at radius 1 is 1.00 bits per heavy atom. The number of rotatable bonds is 2. The summed E-state index contributed by atoms with van der Waals surface area (Å²) in [5.41, 5.74) is 6.55. The van der Waals surface area contributed by atoms with Crippen molar-refractivity contribution < 1.29 is 0 Å². The third kappa shape index (κ3) is 2.64. The van der Waals surface area contributed by atoms with Crippen LogP contribution in [-0.4, -0.2) is 0 Å². The van der Waals surface area contributed by atoms with E-state index in [1.165, 1.54) is 11.8 Å². The molecular formula is C12H9Cl2NS. The number of hydrogen-bond donors (Lipinski definition) is 1. The molecule has 0 fully saturated rings. The summed E-state index contributed by atoms with van der Waals surface area (Å²) >= 11 is 13.5. The Morgan fingerprint density at radius 3 is 2.44 bits per heavy atom. The van der Waals surface area contributed by atoms with Gasteiger partial charge in [-0.1, -0.05) is 47.1 Å². The predicted octanol–water partition coefficient (Wildman–Crippen LogP) is 4.73. The van der Waals surface area contributed by atoms with Gasteiger partial charge in [-0.2, -0.15) is 0 Å². The second kappa shape index (κ2) is 5.00. The largest absolute Gasteiger partial charge is 0.398 e. The highest BCUT2D eigenvalue weighted by molar-refractivity contribution is 7.99. The molecule has 0 aliphatic rings. The zero-order valence-electron chi connectivity index (χ0n) is 8.28. The van der Waals surface area contributed by atoms with E-state index >= 15 is 0 Å². The van der Waals surface area contributed by atoms with Gasteiger partial charge in [-0.25, -0.2) is 0 Å². The fourth-order valence-corrected chi connectivity index (χ4v) is 2.75. The molecular weight excluding hydrogens is 261 g/mol. The van der Waals surface area contributed by atoms with Crippen LogP contribution >= 0.6 is 35.0 Å². The first-order valence-corrected chi connectivity index (χ1v) is 6.21. The van der Waals surface area contributed by atoms with Gasteiger partial charge in [0.25, 0.3) is 0 Å². The van der Waals surface area contributed by atoms with E-state index in [0.717, 1.165) is 9.79 Å². The van der Waals surface area contributed by atoms with E-state index in [9.17, 15) is 0 Å². The van der Waals surface area contributed by atoms with Gasteiger partial charge in [0.2, 0.25) is 0 Å². The Morgan fingerprint density at radius 2 is 1.75 bits per heavy atom. The van der Waals surface area contributed by atoms with E-state index in [0.29, 0.717) is 15.7 Å². The fraction of sp³-hybridized carbons (Fsp3) is 0. The molecule has 1 nitrogen and oxygen atoms in total. The molecule has 4 heteroatoms. The third-order valence-corrected chi connectivity index (χ3v) is 3.82. The number of nitrogen functional groups attached to an aromatic ring is 1. The Balaban J connectivity index is 2.34. The first-order chi connectivity index (χ1) is 7.66. The summed E-state index contributed by atoms with van der Waals surface area (Å²) in [5.74, 6) is 0. The number of nitrogens with two attached hydrogens (primary N) is 1. The van der Waals surface area contributed by atoms with Gasteiger partial charge in [-0.15, -0.1) is 0 Å². The lowest BCUT2D eigenvalue weighted by Gasteiger charge is -2.07. The monoisotopic (exact) mass is 269 g/mol. The summed E-state index contributed by atoms with van der Waals surface area (Å²) in [5, 5.41) is 1.36. The molecule has 2 N–H and O–H groups in total. The standard InChI is InChI=1S/C12H9Cl2NS/c13-8-3-1-4-9(7-8)16-12-10(14)5-2-6-11(12)15/h1-7H,15H2. The van der Waals surface area contributed by atoms with Crippen molar-refractivity contribution in [3.8, 4) is 0 Å². The van der Waals surface area contributed by atoms with Gasteiger partial charge in [0, 0.05) is 15.6 Å². The first-order valence-electron chi connectivity index (χ1n) is 4.64. The van der Waals surface area contributed by atoms with E-state index in [4.69, 9.17) is 28.9 Å². The van der Waals surface area contributed by atoms with Crippen LogP contribution in [0.4, 0.5) is 5.69 Å². The van der Waals surface area contributed by atoms with Crippen molar-refractivity contribution in [2.24, 2.45) is 0 Å². The molecule has 0 heterocycles. The third-order valence-electron chi connectivity index (χ3n) is 2.01. The second-order valence-electron chi connectivity index (χ2n) is 3.22. The molecule has 0 spiro atoms. The highest BCUT2D eigenvalue weighted by atomic mass is 35.5. The lowest BCUT2D eigenvalue weighted by molar-refractivity contribution is 1.41. The van der Waals surface area contributed by atoms with Crippen LogP contribution in [0.3, 0.4) is 0 Å². The predicted molar refractivity (Wildman–Crippen MR) is 71.4 cm³/mol. The molecule has 0 saturated carbocycles. The van der Waals surface area contributed by atoms with Gasteiger partial charge in [0.1, 0.15) is 0 Å². The van der Waals surface area contributed by atoms with Crippen LogP contribution in [-0.2, 0) is 0 Å². The van der Waals surface area contributed by atoms with Crippen molar-refractivity contribution in [1.29, 1.82) is 0 Å². The summed E-state index contributed by atoms with van der Waals surface area (Å²) in [6.07, 6.45) is 0. The highest BCUT2D eigenvalue weighted by Gasteiger charge is 2.06. The zero-order chi connectivity index (χ0) is 11.5. The minimum absolute atomic E-state index is 0.657. The molecule has 0 radical (unpaired) electrons. The zero-order valence-corrected chi connectivity index (χ0v) is 10.6. The molecule has 82 valence electrons. The Hall–Kier alpha value is -0.830. The van der Waals surface area contributed by atoms with Gasteiger partial charge in [-0.3, -0.25) is 0 Å². The Kier molecular flexibility index (Phi) is 3.64. The molecule has 0 bridgehead atoms. The summed E-state index contributed by atoms with van der Waals surface area (Å²) in [6, 6.07) is 13.1. The van der Waals surface area contributed by atoms with Crippen molar-refractivity contribution >= 4 is 40.7 Å². The Labute approximate surface area is 109 Å². The molecule has 0 aromatic heterocycles. The summed E-state index contributed by atoms with van der Waals surface area (Å²) < 4.78 is 0. The summed E-state index contributed by atoms with van der Waals surface area (Å²) in [7, 11) is 0. The van der Waals surface area contributed by atoms with Crippen LogP contribution < -0.4 is 5.73 Å². The van der Waals surface area contributed by atoms with Crippen molar-refractivity contribution in [3.63, 3.8) is 0 Å². The average molecular weight is 270 g/mol. The molecule has 0 unspecified atom stereocenters. The lowest BCUT2D eigenvalue weighted by Crippen LogP contribution is -1.88. The van der Waals surface area contributed by atoms with Gasteiger partial charge in [0.15, 0.2) is 0 Å². The van der Waals surface area contributed by atoms with Crippen LogP contribution in [0.15, 0.2) is 52.3 Å². The molecule has 2 aromatic carbocycles. The van der Waals surface area contributed by atoms with Crippen molar-refractivity contribution in [1.82, 2.24) is 0 Å². The Bertz CT molecular complexity index is 494. The molecule has 0 atom stereocenters. The molecule has 2 rings (SSSR count). The number of benzene rings is 2. The smallest absolute Gasteiger partial charge is 0.0566 e. The minimum Gasteiger partial charge on any atom is -0.398 e. The van der Waals surface area contributed by atoms with Crippen molar-refractivity contribution in [2.75, 3.05) is 5.73 Å². The minimum atomic E-state index is 0.657. The SMILES string of the molecule is Nc1cccc(Cl)c1Sc1cccc(Cl)c1. The van der Waals surface area contributed by atoms with Gasteiger partial charge in [0.05, 0.1) is 9.92 Å². The molecule has 0 aliphatic carbocycles. The normalized spacial score (nSPS) is 10.4. The second-order valence-corrected chi connectivity index (χ2v) is 5.15. The van der Waals surface area contributed by atoms with Crippen molar-refractivity contribution in [3.05, 3.63) is 52.5 Å². The molecule has 0 saturated heterocycles. The van der Waals surface area contributed by atoms with Crippen LogP contribution in [0.1, 0.15) is 0 Å². The number of hydrogen-bond acceptors (Lipinski definition) is 2. The van der Waals surface area contributed by atoms with E-state index in [-0.39, 0.29) is 0 Å². The van der Waals surface area contributed by atoms with E-state index in [1.54, 1.807) is 0 Å². The molecule has 0 amide bonds. The van der Waals surface area contributed by atoms with E-state index in [2.05, 4.69) is 0 Å². The highest BCUT2D eigenvalue weighted by Crippen LogP contribution is 2.37. The van der Waals surface area contributed by atoms with Crippen LogP contribution in [0.5, 0.6) is 0 Å². The van der Waals surface area contributed by atoms with Crippen molar-refractivity contribution in [2.45, 2.75) is 9.79 Å². The molecule has 0 aliphatic heterocycles. The van der Waals surface area contributed by atoms with E-state index < -0.39 is 0 Å². The first kappa shape index (κ1) is 11.6. The van der Waals surface area contributed by atoms with Crippen LogP contribution in [0.25, 0.3) is 0 Å². The maximum Gasteiger partial charge on any atom is 0.0566 e.